The molecule has 0 heterocycles. The molecule has 0 aliphatic carbocycles. The van der Waals surface area contributed by atoms with Gasteiger partial charge in [0, 0.05) is 6.42 Å². The topological polar surface area (TPSA) is 70.3 Å². The van der Waals surface area contributed by atoms with Gasteiger partial charge in [0.1, 0.15) is 5.75 Å². The van der Waals surface area contributed by atoms with Crippen molar-refractivity contribution in [2.75, 3.05) is 6.61 Å². The Bertz CT molecular complexity index is 426. The van der Waals surface area contributed by atoms with Crippen LogP contribution in [0.15, 0.2) is 22.7 Å². The van der Waals surface area contributed by atoms with Crippen molar-refractivity contribution in [3.63, 3.8) is 0 Å². The molecule has 0 bridgehead atoms. The number of hydrogen-bond acceptors (Lipinski definition) is 3. The molecule has 0 spiro atoms. The van der Waals surface area contributed by atoms with Crippen molar-refractivity contribution < 1.29 is 14.6 Å². The Labute approximate surface area is 102 Å². The average molecular weight is 284 g/mol. The first-order valence-electron chi connectivity index (χ1n) is 4.67. The minimum Gasteiger partial charge on any atom is -0.492 e. The van der Waals surface area contributed by atoms with E-state index in [2.05, 4.69) is 15.9 Å². The van der Waals surface area contributed by atoms with Crippen molar-refractivity contribution >= 4 is 21.9 Å². The summed E-state index contributed by atoms with van der Waals surface area (Å²) in [7, 11) is 0. The van der Waals surface area contributed by atoms with E-state index in [4.69, 9.17) is 15.1 Å². The Morgan fingerprint density at radius 1 is 1.56 bits per heavy atom. The van der Waals surface area contributed by atoms with Gasteiger partial charge in [-0.25, -0.2) is 4.79 Å². The third-order valence-corrected chi connectivity index (χ3v) is 2.52. The fraction of sp³-hybridized carbons (Fsp3) is 0.273. The van der Waals surface area contributed by atoms with Gasteiger partial charge < -0.3 is 9.84 Å². The zero-order valence-electron chi connectivity index (χ0n) is 8.44. The Morgan fingerprint density at radius 3 is 2.94 bits per heavy atom. The minimum absolute atomic E-state index is 0.179. The maximum Gasteiger partial charge on any atom is 0.335 e. The number of halogens is 1. The molecule has 0 aliphatic rings. The molecule has 0 saturated carbocycles. The van der Waals surface area contributed by atoms with Crippen molar-refractivity contribution in [1.82, 2.24) is 0 Å². The number of carboxylic acids is 1. The van der Waals surface area contributed by atoms with Gasteiger partial charge in [-0.1, -0.05) is 0 Å². The number of nitriles is 1. The standard InChI is InChI=1S/C11H10BrNO3/c12-9-4-3-8(11(14)15)7-10(9)16-6-2-1-5-13/h3-4,7H,1-2,6H2,(H,14,15). The summed E-state index contributed by atoms with van der Waals surface area (Å²) in [5, 5.41) is 17.1. The van der Waals surface area contributed by atoms with E-state index in [1.165, 1.54) is 12.1 Å². The fourth-order valence-corrected chi connectivity index (χ4v) is 1.44. The molecule has 16 heavy (non-hydrogen) atoms. The summed E-state index contributed by atoms with van der Waals surface area (Å²) in [5.41, 5.74) is 0.179. The summed E-state index contributed by atoms with van der Waals surface area (Å²) in [6.07, 6.45) is 1.05. The summed E-state index contributed by atoms with van der Waals surface area (Å²) in [6, 6.07) is 6.59. The molecule has 0 atom stereocenters. The van der Waals surface area contributed by atoms with E-state index in [1.807, 2.05) is 6.07 Å². The molecular weight excluding hydrogens is 274 g/mol. The Balaban J connectivity index is 2.67. The zero-order valence-corrected chi connectivity index (χ0v) is 10.0. The molecule has 1 aromatic rings. The lowest BCUT2D eigenvalue weighted by Gasteiger charge is -2.07. The first kappa shape index (κ1) is 12.5. The first-order valence-corrected chi connectivity index (χ1v) is 5.47. The van der Waals surface area contributed by atoms with Crippen LogP contribution in [0, 0.1) is 11.3 Å². The van der Waals surface area contributed by atoms with Crippen LogP contribution in [0.25, 0.3) is 0 Å². The molecule has 84 valence electrons. The zero-order chi connectivity index (χ0) is 12.0. The van der Waals surface area contributed by atoms with Gasteiger partial charge in [-0.3, -0.25) is 0 Å². The number of ether oxygens (including phenoxy) is 1. The molecule has 1 rings (SSSR count). The highest BCUT2D eigenvalue weighted by Gasteiger charge is 2.07. The summed E-state index contributed by atoms with van der Waals surface area (Å²) in [6.45, 7) is 0.398. The monoisotopic (exact) mass is 283 g/mol. The number of carboxylic acid groups (broad SMARTS) is 1. The van der Waals surface area contributed by atoms with Crippen LogP contribution in [0.3, 0.4) is 0 Å². The van der Waals surface area contributed by atoms with Gasteiger partial charge >= 0.3 is 5.97 Å². The van der Waals surface area contributed by atoms with Crippen molar-refractivity contribution in [2.45, 2.75) is 12.8 Å². The van der Waals surface area contributed by atoms with Crippen LogP contribution < -0.4 is 4.74 Å². The van der Waals surface area contributed by atoms with Gasteiger partial charge in [0.25, 0.3) is 0 Å². The first-order chi connectivity index (χ1) is 7.65. The second-order valence-electron chi connectivity index (χ2n) is 3.06. The Kier molecular flexibility index (Phi) is 4.80. The highest BCUT2D eigenvalue weighted by molar-refractivity contribution is 9.10. The molecule has 0 unspecified atom stereocenters. The van der Waals surface area contributed by atoms with Crippen molar-refractivity contribution in [3.05, 3.63) is 28.2 Å². The van der Waals surface area contributed by atoms with Crippen molar-refractivity contribution in [2.24, 2.45) is 0 Å². The number of nitrogens with zero attached hydrogens (tertiary/aromatic N) is 1. The third-order valence-electron chi connectivity index (χ3n) is 1.87. The van der Waals surface area contributed by atoms with Gasteiger partial charge in [-0.05, 0) is 40.5 Å². The largest absolute Gasteiger partial charge is 0.492 e. The van der Waals surface area contributed by atoms with Gasteiger partial charge in [0.2, 0.25) is 0 Å². The van der Waals surface area contributed by atoms with Crippen LogP contribution in [-0.2, 0) is 0 Å². The lowest BCUT2D eigenvalue weighted by molar-refractivity contribution is 0.0696. The third kappa shape index (κ3) is 3.55. The number of benzene rings is 1. The normalized spacial score (nSPS) is 9.50. The molecule has 1 aromatic carbocycles. The van der Waals surface area contributed by atoms with E-state index >= 15 is 0 Å². The van der Waals surface area contributed by atoms with E-state index in [0.29, 0.717) is 29.7 Å². The number of carbonyl (C=O) groups is 1. The van der Waals surface area contributed by atoms with Crippen LogP contribution in [0.2, 0.25) is 0 Å². The van der Waals surface area contributed by atoms with Gasteiger partial charge in [-0.15, -0.1) is 0 Å². The van der Waals surface area contributed by atoms with Crippen LogP contribution >= 0.6 is 15.9 Å². The molecule has 0 radical (unpaired) electrons. The minimum atomic E-state index is -0.991. The van der Waals surface area contributed by atoms with Crippen LogP contribution in [0.1, 0.15) is 23.2 Å². The van der Waals surface area contributed by atoms with E-state index in [0.717, 1.165) is 0 Å². The summed E-state index contributed by atoms with van der Waals surface area (Å²) < 4.78 is 6.07. The number of rotatable bonds is 5. The Hall–Kier alpha value is -1.54. The number of hydrogen-bond donors (Lipinski definition) is 1. The molecule has 0 amide bonds. The van der Waals surface area contributed by atoms with Gasteiger partial charge in [-0.2, -0.15) is 5.26 Å². The highest BCUT2D eigenvalue weighted by Crippen LogP contribution is 2.26. The van der Waals surface area contributed by atoms with E-state index in [9.17, 15) is 4.79 Å². The van der Waals surface area contributed by atoms with Crippen molar-refractivity contribution in [3.8, 4) is 11.8 Å². The average Bonchev–Trinajstić information content (AvgIpc) is 2.26. The highest BCUT2D eigenvalue weighted by atomic mass is 79.9. The molecule has 5 heteroatoms. The fourth-order valence-electron chi connectivity index (χ4n) is 1.08. The second kappa shape index (κ2) is 6.13. The van der Waals surface area contributed by atoms with E-state index in [1.54, 1.807) is 6.07 Å². The van der Waals surface area contributed by atoms with Crippen LogP contribution in [0.4, 0.5) is 0 Å². The maximum absolute atomic E-state index is 10.7. The molecule has 1 N–H and O–H groups in total. The summed E-state index contributed by atoms with van der Waals surface area (Å²) in [4.78, 5) is 10.7. The summed E-state index contributed by atoms with van der Waals surface area (Å²) in [5.74, 6) is -0.507. The Morgan fingerprint density at radius 2 is 2.31 bits per heavy atom. The number of aromatic carboxylic acids is 1. The van der Waals surface area contributed by atoms with Gasteiger partial charge in [0.15, 0.2) is 0 Å². The van der Waals surface area contributed by atoms with Crippen LogP contribution in [0.5, 0.6) is 5.75 Å². The van der Waals surface area contributed by atoms with Crippen molar-refractivity contribution in [1.29, 1.82) is 5.26 Å². The number of unbranched alkanes of at least 4 members (excludes halogenated alkanes) is 1. The van der Waals surface area contributed by atoms with E-state index < -0.39 is 5.97 Å². The maximum atomic E-state index is 10.7. The van der Waals surface area contributed by atoms with Gasteiger partial charge in [0.05, 0.1) is 22.7 Å². The smallest absolute Gasteiger partial charge is 0.335 e. The molecule has 4 nitrogen and oxygen atoms in total. The molecule has 0 saturated heterocycles. The molecule has 0 aromatic heterocycles. The quantitative estimate of drug-likeness (QED) is 0.844. The second-order valence-corrected chi connectivity index (χ2v) is 3.91. The lowest BCUT2D eigenvalue weighted by atomic mass is 10.2. The van der Waals surface area contributed by atoms with Crippen LogP contribution in [-0.4, -0.2) is 17.7 Å². The predicted molar refractivity (Wildman–Crippen MR) is 61.4 cm³/mol. The molecule has 0 fully saturated rings. The predicted octanol–water partition coefficient (Wildman–Crippen LogP) is 2.83. The lowest BCUT2D eigenvalue weighted by Crippen LogP contribution is -2.01. The molecular formula is C11H10BrNO3. The molecule has 0 aliphatic heterocycles. The van der Waals surface area contributed by atoms with E-state index in [-0.39, 0.29) is 5.56 Å². The SMILES string of the molecule is N#CCCCOc1cc(C(=O)O)ccc1Br. The summed E-state index contributed by atoms with van der Waals surface area (Å²) >= 11 is 3.27.